The average molecular weight is 389 g/mol. The molecule has 0 spiro atoms. The topological polar surface area (TPSA) is 74.2 Å². The lowest BCUT2D eigenvalue weighted by atomic mass is 10.0. The number of likely N-dealkylation sites (tertiary alicyclic amines) is 1. The van der Waals surface area contributed by atoms with Crippen molar-refractivity contribution in [3.8, 4) is 0 Å². The van der Waals surface area contributed by atoms with Crippen molar-refractivity contribution in [3.63, 3.8) is 0 Å². The van der Waals surface area contributed by atoms with Crippen molar-refractivity contribution in [1.82, 2.24) is 14.9 Å². The summed E-state index contributed by atoms with van der Waals surface area (Å²) in [6, 6.07) is 5.18. The summed E-state index contributed by atoms with van der Waals surface area (Å²) in [4.78, 5) is 22.7. The largest absolute Gasteiger partial charge is 0.429 e. The van der Waals surface area contributed by atoms with Gasteiger partial charge in [0.25, 0.3) is 10.7 Å². The zero-order chi connectivity index (χ0) is 18.1. The number of fused-ring (bicyclic) bond motifs is 1. The average Bonchev–Trinajstić information content (AvgIpc) is 3.19. The van der Waals surface area contributed by atoms with Crippen LogP contribution in [0.4, 0.5) is 5.13 Å². The standard InChI is InChI=1S/C18H20N4O2S2/c1-11-3-2-6-22(8-11)9-13-10-26-17(19-13)21-16(23)12-4-5-15-14(7-12)20-18(25)24-15/h4-5,7,10-11H,2-3,6,8-9H2,1H3,(H,20,25)(H,19,21,23)/t11-/m1/s1. The number of hydrogen-bond donors (Lipinski definition) is 2. The van der Waals surface area contributed by atoms with Gasteiger partial charge >= 0.3 is 0 Å². The zero-order valence-corrected chi connectivity index (χ0v) is 16.1. The number of carbonyl (C=O) groups is 1. The van der Waals surface area contributed by atoms with Gasteiger partial charge in [-0.3, -0.25) is 15.0 Å². The van der Waals surface area contributed by atoms with Crippen LogP contribution in [0.1, 0.15) is 35.8 Å². The number of thiazole rings is 1. The molecule has 1 fully saturated rings. The van der Waals surface area contributed by atoms with Crippen molar-refractivity contribution in [3.05, 3.63) is 39.7 Å². The van der Waals surface area contributed by atoms with Crippen LogP contribution in [0.15, 0.2) is 28.0 Å². The van der Waals surface area contributed by atoms with Crippen LogP contribution in [0, 0.1) is 10.8 Å². The molecule has 6 nitrogen and oxygen atoms in total. The third kappa shape index (κ3) is 3.87. The molecule has 4 rings (SSSR count). The van der Waals surface area contributed by atoms with Gasteiger partial charge in [-0.25, -0.2) is 4.98 Å². The van der Waals surface area contributed by atoms with Crippen molar-refractivity contribution in [2.45, 2.75) is 26.3 Å². The molecule has 3 aromatic rings. The van der Waals surface area contributed by atoms with Crippen LogP contribution < -0.4 is 5.32 Å². The minimum absolute atomic E-state index is 0.195. The smallest absolute Gasteiger partial charge is 0.266 e. The molecular formula is C18H20N4O2S2. The molecule has 1 aliphatic rings. The van der Waals surface area contributed by atoms with Crippen LogP contribution in [0.25, 0.3) is 11.1 Å². The number of hydrogen-bond acceptors (Lipinski definition) is 6. The number of piperidine rings is 1. The normalized spacial score (nSPS) is 18.3. The maximum absolute atomic E-state index is 12.5. The molecule has 0 saturated carbocycles. The third-order valence-corrected chi connectivity index (χ3v) is 5.57. The summed E-state index contributed by atoms with van der Waals surface area (Å²) in [6.45, 7) is 5.37. The molecule has 1 atom stereocenters. The minimum atomic E-state index is -0.195. The van der Waals surface area contributed by atoms with Crippen LogP contribution in [0.2, 0.25) is 0 Å². The number of oxazole rings is 1. The van der Waals surface area contributed by atoms with Crippen molar-refractivity contribution < 1.29 is 9.21 Å². The van der Waals surface area contributed by atoms with E-state index in [1.54, 1.807) is 18.2 Å². The maximum Gasteiger partial charge on any atom is 0.266 e. The van der Waals surface area contributed by atoms with Crippen LogP contribution in [0.5, 0.6) is 0 Å². The highest BCUT2D eigenvalue weighted by molar-refractivity contribution is 7.71. The number of anilines is 1. The Kier molecular flexibility index (Phi) is 4.88. The maximum atomic E-state index is 12.5. The quantitative estimate of drug-likeness (QED) is 0.647. The summed E-state index contributed by atoms with van der Waals surface area (Å²) in [5.41, 5.74) is 2.89. The lowest BCUT2D eigenvalue weighted by Gasteiger charge is -2.30. The van der Waals surface area contributed by atoms with Gasteiger partial charge < -0.3 is 9.40 Å². The van der Waals surface area contributed by atoms with Gasteiger partial charge in [-0.15, -0.1) is 11.3 Å². The molecular weight excluding hydrogens is 368 g/mol. The van der Waals surface area contributed by atoms with Crippen LogP contribution in [-0.4, -0.2) is 33.9 Å². The van der Waals surface area contributed by atoms with Gasteiger partial charge in [0, 0.05) is 24.0 Å². The summed E-state index contributed by atoms with van der Waals surface area (Å²) in [5.74, 6) is 0.548. The van der Waals surface area contributed by atoms with Crippen molar-refractivity contribution in [2.24, 2.45) is 5.92 Å². The number of nitrogens with zero attached hydrogens (tertiary/aromatic N) is 2. The fourth-order valence-corrected chi connectivity index (χ4v) is 4.26. The SMILES string of the molecule is C[C@@H]1CCCN(Cc2csc(NC(=O)c3ccc4oc(=S)[nH]c4c3)n2)C1. The summed E-state index contributed by atoms with van der Waals surface area (Å²) < 4.78 is 5.32. The number of benzene rings is 1. The minimum Gasteiger partial charge on any atom is -0.429 e. The second kappa shape index (κ2) is 7.30. The van der Waals surface area contributed by atoms with E-state index in [4.69, 9.17) is 16.6 Å². The van der Waals surface area contributed by atoms with Gasteiger partial charge in [0.2, 0.25) is 0 Å². The fourth-order valence-electron chi connectivity index (χ4n) is 3.36. The lowest BCUT2D eigenvalue weighted by Crippen LogP contribution is -2.33. The van der Waals surface area contributed by atoms with Gasteiger partial charge in [-0.2, -0.15) is 0 Å². The van der Waals surface area contributed by atoms with E-state index in [1.807, 2.05) is 5.38 Å². The molecule has 8 heteroatoms. The highest BCUT2D eigenvalue weighted by Crippen LogP contribution is 2.22. The Bertz CT molecular complexity index is 990. The highest BCUT2D eigenvalue weighted by Gasteiger charge is 2.18. The first kappa shape index (κ1) is 17.4. The van der Waals surface area contributed by atoms with E-state index in [9.17, 15) is 4.79 Å². The van der Waals surface area contributed by atoms with E-state index in [0.29, 0.717) is 26.6 Å². The Morgan fingerprint density at radius 3 is 3.27 bits per heavy atom. The number of amides is 1. The van der Waals surface area contributed by atoms with Crippen molar-refractivity contribution >= 4 is 45.7 Å². The molecule has 136 valence electrons. The van der Waals surface area contributed by atoms with E-state index in [2.05, 4.69) is 27.1 Å². The molecule has 1 aliphatic heterocycles. The predicted octanol–water partition coefficient (Wildman–Crippen LogP) is 4.43. The molecule has 0 aliphatic carbocycles. The molecule has 3 heterocycles. The number of carbonyl (C=O) groups excluding carboxylic acids is 1. The van der Waals surface area contributed by atoms with Crippen LogP contribution in [0.3, 0.4) is 0 Å². The monoisotopic (exact) mass is 388 g/mol. The first-order valence-corrected chi connectivity index (χ1v) is 9.96. The molecule has 0 radical (unpaired) electrons. The van der Waals surface area contributed by atoms with Gasteiger partial charge in [0.05, 0.1) is 11.2 Å². The Morgan fingerprint density at radius 2 is 2.42 bits per heavy atom. The Labute approximate surface area is 160 Å². The van der Waals surface area contributed by atoms with E-state index < -0.39 is 0 Å². The molecule has 1 amide bonds. The Balaban J connectivity index is 1.42. The van der Waals surface area contributed by atoms with E-state index in [1.165, 1.54) is 24.2 Å². The molecule has 1 aromatic carbocycles. The third-order valence-electron chi connectivity index (χ3n) is 4.58. The van der Waals surface area contributed by atoms with Crippen LogP contribution in [-0.2, 0) is 6.54 Å². The molecule has 26 heavy (non-hydrogen) atoms. The number of rotatable bonds is 4. The summed E-state index contributed by atoms with van der Waals surface area (Å²) in [5, 5.41) is 5.52. The molecule has 0 bridgehead atoms. The van der Waals surface area contributed by atoms with Crippen molar-refractivity contribution in [1.29, 1.82) is 0 Å². The highest BCUT2D eigenvalue weighted by atomic mass is 32.1. The Morgan fingerprint density at radius 1 is 1.54 bits per heavy atom. The number of H-pyrrole nitrogens is 1. The molecule has 1 saturated heterocycles. The van der Waals surface area contributed by atoms with Crippen LogP contribution >= 0.6 is 23.6 Å². The van der Waals surface area contributed by atoms with Gasteiger partial charge in [0.1, 0.15) is 0 Å². The first-order chi connectivity index (χ1) is 12.6. The predicted molar refractivity (Wildman–Crippen MR) is 105 cm³/mol. The van der Waals surface area contributed by atoms with Gasteiger partial charge in [-0.1, -0.05) is 6.92 Å². The number of nitrogens with one attached hydrogen (secondary N) is 2. The lowest BCUT2D eigenvalue weighted by molar-refractivity contribution is 0.102. The van der Waals surface area contributed by atoms with Gasteiger partial charge in [-0.05, 0) is 55.7 Å². The van der Waals surface area contributed by atoms with E-state index in [-0.39, 0.29) is 5.91 Å². The fraction of sp³-hybridized carbons (Fsp3) is 0.389. The zero-order valence-electron chi connectivity index (χ0n) is 14.4. The summed E-state index contributed by atoms with van der Waals surface area (Å²) in [7, 11) is 0. The first-order valence-electron chi connectivity index (χ1n) is 8.68. The second-order valence-electron chi connectivity index (χ2n) is 6.81. The number of aromatic amines is 1. The van der Waals surface area contributed by atoms with E-state index in [0.717, 1.165) is 31.2 Å². The summed E-state index contributed by atoms with van der Waals surface area (Å²) in [6.07, 6.45) is 2.55. The number of aromatic nitrogens is 2. The molecule has 2 aromatic heterocycles. The van der Waals surface area contributed by atoms with E-state index >= 15 is 0 Å². The molecule has 0 unspecified atom stereocenters. The molecule has 2 N–H and O–H groups in total. The Hall–Kier alpha value is -2.03. The second-order valence-corrected chi connectivity index (χ2v) is 8.03. The summed E-state index contributed by atoms with van der Waals surface area (Å²) >= 11 is 6.43. The van der Waals surface area contributed by atoms with Gasteiger partial charge in [0.15, 0.2) is 10.7 Å². The van der Waals surface area contributed by atoms with Crippen molar-refractivity contribution in [2.75, 3.05) is 18.4 Å².